The first-order valence-corrected chi connectivity index (χ1v) is 8.64. The van der Waals surface area contributed by atoms with Crippen LogP contribution in [0.5, 0.6) is 0 Å². The van der Waals surface area contributed by atoms with Crippen molar-refractivity contribution >= 4 is 15.7 Å². The van der Waals surface area contributed by atoms with Gasteiger partial charge in [-0.2, -0.15) is 0 Å². The lowest BCUT2D eigenvalue weighted by Gasteiger charge is -2.11. The number of sulfonamides is 1. The maximum atomic E-state index is 12.6. The van der Waals surface area contributed by atoms with Gasteiger partial charge in [-0.1, -0.05) is 30.3 Å². The Morgan fingerprint density at radius 2 is 1.83 bits per heavy atom. The van der Waals surface area contributed by atoms with Crippen LogP contribution in [0.1, 0.15) is 11.3 Å². The van der Waals surface area contributed by atoms with Gasteiger partial charge in [0.1, 0.15) is 4.90 Å². The van der Waals surface area contributed by atoms with Crippen LogP contribution in [0.4, 0.5) is 5.69 Å². The van der Waals surface area contributed by atoms with E-state index in [0.29, 0.717) is 11.4 Å². The second-order valence-electron chi connectivity index (χ2n) is 5.31. The molecule has 118 valence electrons. The molecule has 2 aromatic heterocycles. The first-order valence-electron chi connectivity index (χ1n) is 7.16. The third-order valence-electron chi connectivity index (χ3n) is 3.64. The standard InChI is InChI=1S/C17H17N3O2S/c1-12-8-9-18-13(2)17(12)20-23(21,22)15-10-16(19-11-15)14-6-4-3-5-7-14/h3-11,19-20H,1-2H3. The Balaban J connectivity index is 1.94. The Labute approximate surface area is 135 Å². The van der Waals surface area contributed by atoms with E-state index in [1.807, 2.05) is 37.3 Å². The SMILES string of the molecule is Cc1ccnc(C)c1NS(=O)(=O)c1c[nH]c(-c2ccccc2)c1. The number of nitrogens with one attached hydrogen (secondary N) is 2. The lowest BCUT2D eigenvalue weighted by molar-refractivity contribution is 0.601. The highest BCUT2D eigenvalue weighted by atomic mass is 32.2. The molecule has 0 saturated carbocycles. The minimum atomic E-state index is -3.67. The number of benzene rings is 1. The summed E-state index contributed by atoms with van der Waals surface area (Å²) >= 11 is 0. The number of hydrogen-bond acceptors (Lipinski definition) is 3. The van der Waals surface area contributed by atoms with Crippen LogP contribution in [0.25, 0.3) is 11.3 Å². The van der Waals surface area contributed by atoms with Gasteiger partial charge in [0.25, 0.3) is 10.0 Å². The van der Waals surface area contributed by atoms with Crippen molar-refractivity contribution in [2.45, 2.75) is 18.7 Å². The number of aromatic amines is 1. The highest BCUT2D eigenvalue weighted by Gasteiger charge is 2.19. The van der Waals surface area contributed by atoms with Gasteiger partial charge < -0.3 is 4.98 Å². The van der Waals surface area contributed by atoms with Gasteiger partial charge in [-0.3, -0.25) is 9.71 Å². The van der Waals surface area contributed by atoms with Gasteiger partial charge in [-0.05, 0) is 37.1 Å². The Morgan fingerprint density at radius 3 is 2.52 bits per heavy atom. The predicted molar refractivity (Wildman–Crippen MR) is 90.7 cm³/mol. The molecule has 1 aromatic carbocycles. The van der Waals surface area contributed by atoms with E-state index in [2.05, 4.69) is 14.7 Å². The first-order chi connectivity index (χ1) is 11.0. The van der Waals surface area contributed by atoms with E-state index < -0.39 is 10.0 Å². The first kappa shape index (κ1) is 15.3. The fourth-order valence-corrected chi connectivity index (χ4v) is 3.54. The van der Waals surface area contributed by atoms with Crippen LogP contribution < -0.4 is 4.72 Å². The molecule has 0 saturated heterocycles. The summed E-state index contributed by atoms with van der Waals surface area (Å²) in [5.41, 5.74) is 3.69. The van der Waals surface area contributed by atoms with Gasteiger partial charge >= 0.3 is 0 Å². The van der Waals surface area contributed by atoms with E-state index in [0.717, 1.165) is 16.8 Å². The maximum Gasteiger partial charge on any atom is 0.263 e. The normalized spacial score (nSPS) is 11.4. The van der Waals surface area contributed by atoms with Crippen molar-refractivity contribution in [3.8, 4) is 11.3 Å². The zero-order chi connectivity index (χ0) is 16.4. The zero-order valence-electron chi connectivity index (χ0n) is 12.9. The predicted octanol–water partition coefficient (Wildman–Crippen LogP) is 3.49. The summed E-state index contributed by atoms with van der Waals surface area (Å²) < 4.78 is 27.8. The van der Waals surface area contributed by atoms with Gasteiger partial charge in [-0.25, -0.2) is 8.42 Å². The van der Waals surface area contributed by atoms with Gasteiger partial charge in [0, 0.05) is 18.1 Å². The molecule has 0 unspecified atom stereocenters. The fourth-order valence-electron chi connectivity index (χ4n) is 2.36. The minimum Gasteiger partial charge on any atom is -0.360 e. The topological polar surface area (TPSA) is 74.8 Å². The van der Waals surface area contributed by atoms with Crippen LogP contribution in [0, 0.1) is 13.8 Å². The van der Waals surface area contributed by atoms with Crippen LogP contribution in [-0.4, -0.2) is 18.4 Å². The third-order valence-corrected chi connectivity index (χ3v) is 4.97. The summed E-state index contributed by atoms with van der Waals surface area (Å²) in [6.07, 6.45) is 3.15. The summed E-state index contributed by atoms with van der Waals surface area (Å²) in [6.45, 7) is 3.62. The maximum absolute atomic E-state index is 12.6. The van der Waals surface area contributed by atoms with Crippen LogP contribution in [0.3, 0.4) is 0 Å². The van der Waals surface area contributed by atoms with E-state index in [4.69, 9.17) is 0 Å². The highest BCUT2D eigenvalue weighted by Crippen LogP contribution is 2.25. The van der Waals surface area contributed by atoms with Crippen molar-refractivity contribution in [3.63, 3.8) is 0 Å². The molecule has 2 N–H and O–H groups in total. The summed E-state index contributed by atoms with van der Waals surface area (Å²) in [5.74, 6) is 0. The quantitative estimate of drug-likeness (QED) is 0.770. The molecule has 2 heterocycles. The second-order valence-corrected chi connectivity index (χ2v) is 6.99. The number of aromatic nitrogens is 2. The van der Waals surface area contributed by atoms with Gasteiger partial charge in [-0.15, -0.1) is 0 Å². The second kappa shape index (κ2) is 5.89. The van der Waals surface area contributed by atoms with Crippen LogP contribution in [0.2, 0.25) is 0 Å². The van der Waals surface area contributed by atoms with Crippen molar-refractivity contribution in [2.75, 3.05) is 4.72 Å². The molecule has 6 heteroatoms. The fraction of sp³-hybridized carbons (Fsp3) is 0.118. The van der Waals surface area contributed by atoms with Crippen LogP contribution in [0.15, 0.2) is 59.8 Å². The summed E-state index contributed by atoms with van der Waals surface area (Å²) in [7, 11) is -3.67. The Morgan fingerprint density at radius 1 is 1.09 bits per heavy atom. The smallest absolute Gasteiger partial charge is 0.263 e. The molecule has 0 atom stereocenters. The molecule has 3 aromatic rings. The van der Waals surface area contributed by atoms with Crippen molar-refractivity contribution < 1.29 is 8.42 Å². The Bertz CT molecular complexity index is 911. The van der Waals surface area contributed by atoms with Gasteiger partial charge in [0.15, 0.2) is 0 Å². The van der Waals surface area contributed by atoms with Crippen molar-refractivity contribution in [1.82, 2.24) is 9.97 Å². The Hall–Kier alpha value is -2.60. The van der Waals surface area contributed by atoms with Crippen molar-refractivity contribution in [2.24, 2.45) is 0 Å². The molecule has 0 aliphatic rings. The summed E-state index contributed by atoms with van der Waals surface area (Å²) in [4.78, 5) is 7.34. The molecule has 0 aliphatic heterocycles. The number of H-pyrrole nitrogens is 1. The highest BCUT2D eigenvalue weighted by molar-refractivity contribution is 7.92. The Kier molecular flexibility index (Phi) is 3.92. The molecule has 23 heavy (non-hydrogen) atoms. The number of rotatable bonds is 4. The number of hydrogen-bond donors (Lipinski definition) is 2. The number of nitrogens with zero attached hydrogens (tertiary/aromatic N) is 1. The lowest BCUT2D eigenvalue weighted by atomic mass is 10.2. The molecular formula is C17H17N3O2S. The molecule has 0 spiro atoms. The third kappa shape index (κ3) is 3.12. The van der Waals surface area contributed by atoms with Crippen LogP contribution >= 0.6 is 0 Å². The van der Waals surface area contributed by atoms with E-state index >= 15 is 0 Å². The van der Waals surface area contributed by atoms with Crippen molar-refractivity contribution in [1.29, 1.82) is 0 Å². The van der Waals surface area contributed by atoms with E-state index in [1.54, 1.807) is 25.3 Å². The molecule has 0 fully saturated rings. The minimum absolute atomic E-state index is 0.194. The average molecular weight is 327 g/mol. The largest absolute Gasteiger partial charge is 0.360 e. The average Bonchev–Trinajstić information content (AvgIpc) is 3.03. The summed E-state index contributed by atoms with van der Waals surface area (Å²) in [5, 5.41) is 0. The lowest BCUT2D eigenvalue weighted by Crippen LogP contribution is -2.14. The molecule has 0 bridgehead atoms. The van der Waals surface area contributed by atoms with E-state index in [9.17, 15) is 8.42 Å². The summed E-state index contributed by atoms with van der Waals surface area (Å²) in [6, 6.07) is 13.0. The molecule has 3 rings (SSSR count). The van der Waals surface area contributed by atoms with Gasteiger partial charge in [0.05, 0.1) is 11.4 Å². The monoisotopic (exact) mass is 327 g/mol. The molecule has 5 nitrogen and oxygen atoms in total. The van der Waals surface area contributed by atoms with Gasteiger partial charge in [0.2, 0.25) is 0 Å². The number of anilines is 1. The number of pyridine rings is 1. The van der Waals surface area contributed by atoms with E-state index in [1.165, 1.54) is 6.20 Å². The zero-order valence-corrected chi connectivity index (χ0v) is 13.7. The molecule has 0 amide bonds. The van der Waals surface area contributed by atoms with E-state index in [-0.39, 0.29) is 4.90 Å². The molecule has 0 radical (unpaired) electrons. The molecular weight excluding hydrogens is 310 g/mol. The number of aryl methyl sites for hydroxylation is 2. The van der Waals surface area contributed by atoms with Crippen LogP contribution in [-0.2, 0) is 10.0 Å². The molecule has 0 aliphatic carbocycles. The van der Waals surface area contributed by atoms with Crippen molar-refractivity contribution in [3.05, 3.63) is 66.1 Å².